The summed E-state index contributed by atoms with van der Waals surface area (Å²) in [5.41, 5.74) is 4.89. The van der Waals surface area contributed by atoms with Crippen molar-refractivity contribution in [2.45, 2.75) is 13.2 Å². The van der Waals surface area contributed by atoms with Crippen molar-refractivity contribution in [3.05, 3.63) is 121 Å². The second-order valence-corrected chi connectivity index (χ2v) is 7.48. The fraction of sp³-hybridized carbons (Fsp3) is 0.0714. The highest BCUT2D eigenvalue weighted by Gasteiger charge is 2.08. The lowest BCUT2D eigenvalue weighted by Crippen LogP contribution is -2.03. The second kappa shape index (κ2) is 10.4. The maximum absolute atomic E-state index is 6.06. The van der Waals surface area contributed by atoms with Crippen LogP contribution in [0.3, 0.4) is 0 Å². The second-order valence-electron chi connectivity index (χ2n) is 7.48. The molecule has 34 heavy (non-hydrogen) atoms. The molecular weight excluding hydrogens is 424 g/mol. The molecule has 0 aliphatic rings. The summed E-state index contributed by atoms with van der Waals surface area (Å²) in [7, 11) is 0. The van der Waals surface area contributed by atoms with E-state index < -0.39 is 0 Å². The molecule has 0 fully saturated rings. The SMILES string of the molecule is c1ccc(-c2cccc(COc3ccccc3OCc3cccc(-c4ccccn4)n3)n2)nc1. The molecule has 6 nitrogen and oxygen atoms in total. The average molecular weight is 447 g/mol. The van der Waals surface area contributed by atoms with E-state index in [0.717, 1.165) is 34.2 Å². The number of aromatic nitrogens is 4. The summed E-state index contributed by atoms with van der Waals surface area (Å²) in [5.74, 6) is 1.29. The van der Waals surface area contributed by atoms with Crippen molar-refractivity contribution in [2.24, 2.45) is 0 Å². The van der Waals surface area contributed by atoms with E-state index in [1.165, 1.54) is 0 Å². The Balaban J connectivity index is 1.26. The molecule has 0 atom stereocenters. The molecule has 4 heterocycles. The van der Waals surface area contributed by atoms with Gasteiger partial charge in [0.25, 0.3) is 0 Å². The van der Waals surface area contributed by atoms with E-state index >= 15 is 0 Å². The first kappa shape index (κ1) is 21.3. The van der Waals surface area contributed by atoms with Crippen LogP contribution >= 0.6 is 0 Å². The highest BCUT2D eigenvalue weighted by Crippen LogP contribution is 2.28. The minimum Gasteiger partial charge on any atom is -0.483 e. The van der Waals surface area contributed by atoms with Gasteiger partial charge >= 0.3 is 0 Å². The third-order valence-electron chi connectivity index (χ3n) is 5.07. The Morgan fingerprint density at radius 1 is 0.441 bits per heavy atom. The van der Waals surface area contributed by atoms with Gasteiger partial charge in [-0.15, -0.1) is 0 Å². The summed E-state index contributed by atoms with van der Waals surface area (Å²) in [6.45, 7) is 0.628. The lowest BCUT2D eigenvalue weighted by Gasteiger charge is -2.13. The normalized spacial score (nSPS) is 10.6. The van der Waals surface area contributed by atoms with Crippen LogP contribution in [-0.2, 0) is 13.2 Å². The number of para-hydroxylation sites is 2. The minimum absolute atomic E-state index is 0.314. The van der Waals surface area contributed by atoms with Crippen LogP contribution in [-0.4, -0.2) is 19.9 Å². The Morgan fingerprint density at radius 2 is 0.882 bits per heavy atom. The molecule has 0 amide bonds. The van der Waals surface area contributed by atoms with E-state index in [1.54, 1.807) is 12.4 Å². The molecule has 4 aromatic heterocycles. The van der Waals surface area contributed by atoms with Gasteiger partial charge in [0.05, 0.1) is 34.2 Å². The number of nitrogens with zero attached hydrogens (tertiary/aromatic N) is 4. The maximum atomic E-state index is 6.06. The molecule has 0 bridgehead atoms. The van der Waals surface area contributed by atoms with Crippen molar-refractivity contribution in [3.63, 3.8) is 0 Å². The summed E-state index contributed by atoms with van der Waals surface area (Å²) in [4.78, 5) is 18.1. The molecule has 0 N–H and O–H groups in total. The van der Waals surface area contributed by atoms with Gasteiger partial charge in [-0.25, -0.2) is 9.97 Å². The molecule has 5 aromatic rings. The molecule has 166 valence electrons. The Hall–Kier alpha value is -4.58. The first-order valence-electron chi connectivity index (χ1n) is 10.9. The van der Waals surface area contributed by atoms with E-state index in [2.05, 4.69) is 19.9 Å². The van der Waals surface area contributed by atoms with E-state index in [1.807, 2.05) is 97.1 Å². The Morgan fingerprint density at radius 3 is 1.32 bits per heavy atom. The lowest BCUT2D eigenvalue weighted by molar-refractivity contribution is 0.252. The standard InChI is InChI=1S/C28H22N4O2/c1-2-16-28(34-20-22-10-8-14-26(32-22)24-12-4-6-18-30-24)27(15-1)33-19-21-9-7-13-25(31-21)23-11-3-5-17-29-23/h1-18H,19-20H2. The van der Waals surface area contributed by atoms with Crippen LogP contribution in [0, 0.1) is 0 Å². The number of ether oxygens (including phenoxy) is 2. The molecule has 0 spiro atoms. The van der Waals surface area contributed by atoms with Crippen LogP contribution in [0.25, 0.3) is 22.8 Å². The van der Waals surface area contributed by atoms with Crippen LogP contribution in [0.15, 0.2) is 109 Å². The summed E-state index contributed by atoms with van der Waals surface area (Å²) < 4.78 is 12.1. The van der Waals surface area contributed by atoms with E-state index in [-0.39, 0.29) is 0 Å². The van der Waals surface area contributed by atoms with Crippen LogP contribution in [0.4, 0.5) is 0 Å². The van der Waals surface area contributed by atoms with Gasteiger partial charge < -0.3 is 9.47 Å². The van der Waals surface area contributed by atoms with Crippen molar-refractivity contribution in [3.8, 4) is 34.3 Å². The third kappa shape index (κ3) is 5.24. The van der Waals surface area contributed by atoms with Gasteiger partial charge in [-0.05, 0) is 60.7 Å². The van der Waals surface area contributed by atoms with Gasteiger partial charge in [-0.3, -0.25) is 9.97 Å². The van der Waals surface area contributed by atoms with E-state index in [9.17, 15) is 0 Å². The van der Waals surface area contributed by atoms with Gasteiger partial charge in [-0.2, -0.15) is 0 Å². The quantitative estimate of drug-likeness (QED) is 0.302. The van der Waals surface area contributed by atoms with E-state index in [0.29, 0.717) is 24.7 Å². The van der Waals surface area contributed by atoms with Gasteiger partial charge in [0.15, 0.2) is 11.5 Å². The van der Waals surface area contributed by atoms with Crippen LogP contribution in [0.1, 0.15) is 11.4 Å². The number of pyridine rings is 4. The lowest BCUT2D eigenvalue weighted by atomic mass is 10.2. The number of hydrogen-bond acceptors (Lipinski definition) is 6. The number of rotatable bonds is 8. The highest BCUT2D eigenvalue weighted by atomic mass is 16.5. The van der Waals surface area contributed by atoms with E-state index in [4.69, 9.17) is 9.47 Å². The van der Waals surface area contributed by atoms with Crippen molar-refractivity contribution >= 4 is 0 Å². The summed E-state index contributed by atoms with van der Waals surface area (Å²) in [6.07, 6.45) is 3.52. The fourth-order valence-corrected chi connectivity index (χ4v) is 3.43. The smallest absolute Gasteiger partial charge is 0.161 e. The molecule has 0 aliphatic carbocycles. The third-order valence-corrected chi connectivity index (χ3v) is 5.07. The van der Waals surface area contributed by atoms with Crippen LogP contribution in [0.5, 0.6) is 11.5 Å². The Labute approximate surface area is 197 Å². The Bertz CT molecular complexity index is 1260. The van der Waals surface area contributed by atoms with Crippen molar-refractivity contribution < 1.29 is 9.47 Å². The summed E-state index contributed by atoms with van der Waals surface area (Å²) in [5, 5.41) is 0. The molecular formula is C28H22N4O2. The van der Waals surface area contributed by atoms with Crippen molar-refractivity contribution in [2.75, 3.05) is 0 Å². The highest BCUT2D eigenvalue weighted by molar-refractivity contribution is 5.54. The summed E-state index contributed by atoms with van der Waals surface area (Å²) in [6, 6.07) is 30.8. The minimum atomic E-state index is 0.314. The van der Waals surface area contributed by atoms with Crippen LogP contribution < -0.4 is 9.47 Å². The molecule has 0 unspecified atom stereocenters. The maximum Gasteiger partial charge on any atom is 0.161 e. The van der Waals surface area contributed by atoms with Crippen molar-refractivity contribution in [1.29, 1.82) is 0 Å². The zero-order chi connectivity index (χ0) is 23.0. The molecule has 0 saturated heterocycles. The predicted molar refractivity (Wildman–Crippen MR) is 130 cm³/mol. The first-order valence-corrected chi connectivity index (χ1v) is 10.9. The zero-order valence-electron chi connectivity index (χ0n) is 18.4. The number of hydrogen-bond donors (Lipinski definition) is 0. The fourth-order valence-electron chi connectivity index (χ4n) is 3.43. The molecule has 1 aromatic carbocycles. The van der Waals surface area contributed by atoms with Gasteiger partial charge in [-0.1, -0.05) is 36.4 Å². The topological polar surface area (TPSA) is 70.0 Å². The molecule has 6 heteroatoms. The molecule has 0 radical (unpaired) electrons. The average Bonchev–Trinajstić information content (AvgIpc) is 2.92. The molecule has 0 saturated carbocycles. The van der Waals surface area contributed by atoms with Crippen LogP contribution in [0.2, 0.25) is 0 Å². The first-order chi connectivity index (χ1) is 16.8. The predicted octanol–water partition coefficient (Wildman–Crippen LogP) is 5.76. The molecule has 0 aliphatic heterocycles. The van der Waals surface area contributed by atoms with Gasteiger partial charge in [0.2, 0.25) is 0 Å². The summed E-state index contributed by atoms with van der Waals surface area (Å²) >= 11 is 0. The monoisotopic (exact) mass is 446 g/mol. The van der Waals surface area contributed by atoms with Crippen molar-refractivity contribution in [1.82, 2.24) is 19.9 Å². The van der Waals surface area contributed by atoms with Gasteiger partial charge in [0, 0.05) is 12.4 Å². The zero-order valence-corrected chi connectivity index (χ0v) is 18.4. The number of benzene rings is 1. The Kier molecular flexibility index (Phi) is 6.48. The largest absolute Gasteiger partial charge is 0.483 e. The van der Waals surface area contributed by atoms with Gasteiger partial charge in [0.1, 0.15) is 13.2 Å². The molecule has 5 rings (SSSR count).